The van der Waals surface area contributed by atoms with Gasteiger partial charge in [-0.25, -0.2) is 9.18 Å². The van der Waals surface area contributed by atoms with Crippen LogP contribution in [-0.2, 0) is 0 Å². The Labute approximate surface area is 144 Å². The molecule has 1 aromatic carbocycles. The maximum atomic E-state index is 12.8. The fourth-order valence-electron chi connectivity index (χ4n) is 2.01. The molecule has 2 amide bonds. The van der Waals surface area contributed by atoms with Crippen molar-refractivity contribution in [3.8, 4) is 5.75 Å². The number of hydrogen-bond acceptors (Lipinski definition) is 3. The van der Waals surface area contributed by atoms with Crippen LogP contribution in [0.2, 0.25) is 0 Å². The van der Waals surface area contributed by atoms with Crippen molar-refractivity contribution >= 4 is 6.03 Å². The zero-order chi connectivity index (χ0) is 17.9. The topological polar surface area (TPSA) is 44.8 Å². The largest absolute Gasteiger partial charge is 0.492 e. The van der Waals surface area contributed by atoms with Crippen LogP contribution in [0.3, 0.4) is 0 Å². The van der Waals surface area contributed by atoms with Gasteiger partial charge in [0.15, 0.2) is 0 Å². The molecule has 0 fully saturated rings. The van der Waals surface area contributed by atoms with Crippen LogP contribution in [0.5, 0.6) is 5.75 Å². The molecule has 0 saturated carbocycles. The van der Waals surface area contributed by atoms with Crippen molar-refractivity contribution in [2.24, 2.45) is 0 Å². The summed E-state index contributed by atoms with van der Waals surface area (Å²) in [5, 5.41) is 2.90. The number of nitrogens with zero attached hydrogens (tertiary/aromatic N) is 2. The summed E-state index contributed by atoms with van der Waals surface area (Å²) in [4.78, 5) is 15.8. The molecule has 0 radical (unpaired) electrons. The van der Waals surface area contributed by atoms with E-state index in [0.29, 0.717) is 31.5 Å². The predicted molar refractivity (Wildman–Crippen MR) is 94.9 cm³/mol. The van der Waals surface area contributed by atoms with Crippen molar-refractivity contribution in [1.29, 1.82) is 0 Å². The van der Waals surface area contributed by atoms with Gasteiger partial charge in [-0.1, -0.05) is 0 Å². The second-order valence-corrected chi connectivity index (χ2v) is 6.24. The normalized spacial score (nSPS) is 11.0. The molecule has 6 heteroatoms. The number of amides is 2. The molecule has 0 bridgehead atoms. The zero-order valence-corrected chi connectivity index (χ0v) is 15.2. The van der Waals surface area contributed by atoms with Crippen LogP contribution in [0.1, 0.15) is 26.7 Å². The third-order valence-corrected chi connectivity index (χ3v) is 3.95. The third kappa shape index (κ3) is 8.15. The summed E-state index contributed by atoms with van der Waals surface area (Å²) in [6.45, 7) is 6.90. The highest BCUT2D eigenvalue weighted by molar-refractivity contribution is 5.73. The molecule has 0 aliphatic rings. The Bertz CT molecular complexity index is 480. The number of benzene rings is 1. The number of ether oxygens (including phenoxy) is 1. The highest BCUT2D eigenvalue weighted by Crippen LogP contribution is 2.10. The average Bonchev–Trinajstić information content (AvgIpc) is 2.55. The number of rotatable bonds is 10. The standard InChI is InChI=1S/C18H30FN3O2/c1-15(2)21(3)12-6-5-11-20-18(23)22(4)13-14-24-17-9-7-16(19)8-10-17/h7-10,15H,5-6,11-14H2,1-4H3,(H,20,23). The monoisotopic (exact) mass is 339 g/mol. The summed E-state index contributed by atoms with van der Waals surface area (Å²) in [6, 6.07) is 6.29. The van der Waals surface area contributed by atoms with Gasteiger partial charge in [0, 0.05) is 19.6 Å². The van der Waals surface area contributed by atoms with Gasteiger partial charge in [-0.05, 0) is 64.5 Å². The SMILES string of the molecule is CC(C)N(C)CCCCNC(=O)N(C)CCOc1ccc(F)cc1. The van der Waals surface area contributed by atoms with E-state index in [1.54, 1.807) is 24.1 Å². The molecule has 0 unspecified atom stereocenters. The van der Waals surface area contributed by atoms with Crippen LogP contribution < -0.4 is 10.1 Å². The molecule has 0 spiro atoms. The van der Waals surface area contributed by atoms with Crippen molar-refractivity contribution in [1.82, 2.24) is 15.1 Å². The first kappa shape index (κ1) is 20.2. The van der Waals surface area contributed by atoms with Crippen LogP contribution in [-0.4, -0.2) is 62.2 Å². The molecule has 1 rings (SSSR count). The minimum absolute atomic E-state index is 0.102. The highest BCUT2D eigenvalue weighted by atomic mass is 19.1. The fourth-order valence-corrected chi connectivity index (χ4v) is 2.01. The molecule has 0 heterocycles. The Morgan fingerprint density at radius 2 is 1.83 bits per heavy atom. The van der Waals surface area contributed by atoms with Crippen molar-refractivity contribution in [3.05, 3.63) is 30.1 Å². The van der Waals surface area contributed by atoms with E-state index in [4.69, 9.17) is 4.74 Å². The van der Waals surface area contributed by atoms with Gasteiger partial charge in [0.05, 0.1) is 6.54 Å². The van der Waals surface area contributed by atoms with E-state index in [1.807, 2.05) is 0 Å². The van der Waals surface area contributed by atoms with Gasteiger partial charge in [0.1, 0.15) is 18.2 Å². The number of likely N-dealkylation sites (N-methyl/N-ethyl adjacent to an activating group) is 1. The Morgan fingerprint density at radius 3 is 2.46 bits per heavy atom. The molecule has 24 heavy (non-hydrogen) atoms. The van der Waals surface area contributed by atoms with E-state index in [1.165, 1.54) is 12.1 Å². The van der Waals surface area contributed by atoms with Crippen LogP contribution in [0, 0.1) is 5.82 Å². The zero-order valence-electron chi connectivity index (χ0n) is 15.2. The number of hydrogen-bond donors (Lipinski definition) is 1. The number of carbonyl (C=O) groups is 1. The molecular weight excluding hydrogens is 309 g/mol. The first-order valence-electron chi connectivity index (χ1n) is 8.47. The van der Waals surface area contributed by atoms with E-state index in [9.17, 15) is 9.18 Å². The fraction of sp³-hybridized carbons (Fsp3) is 0.611. The molecule has 0 atom stereocenters. The van der Waals surface area contributed by atoms with E-state index >= 15 is 0 Å². The lowest BCUT2D eigenvalue weighted by Gasteiger charge is -2.21. The van der Waals surface area contributed by atoms with E-state index < -0.39 is 0 Å². The molecule has 1 N–H and O–H groups in total. The highest BCUT2D eigenvalue weighted by Gasteiger charge is 2.08. The second-order valence-electron chi connectivity index (χ2n) is 6.24. The Hall–Kier alpha value is -1.82. The molecule has 136 valence electrons. The third-order valence-electron chi connectivity index (χ3n) is 3.95. The van der Waals surface area contributed by atoms with E-state index in [-0.39, 0.29) is 11.8 Å². The first-order valence-corrected chi connectivity index (χ1v) is 8.47. The number of carbonyl (C=O) groups excluding carboxylic acids is 1. The quantitative estimate of drug-likeness (QED) is 0.667. The van der Waals surface area contributed by atoms with Crippen molar-refractivity contribution in [2.75, 3.05) is 40.3 Å². The van der Waals surface area contributed by atoms with E-state index in [0.717, 1.165) is 19.4 Å². The summed E-state index contributed by atoms with van der Waals surface area (Å²) in [7, 11) is 3.84. The minimum atomic E-state index is -0.293. The molecule has 0 saturated heterocycles. The average molecular weight is 339 g/mol. The van der Waals surface area contributed by atoms with Gasteiger partial charge in [-0.3, -0.25) is 0 Å². The molecular formula is C18H30FN3O2. The summed E-state index contributed by atoms with van der Waals surface area (Å²) in [6.07, 6.45) is 2.02. The van der Waals surface area contributed by atoms with Gasteiger partial charge >= 0.3 is 6.03 Å². The number of halogens is 1. The summed E-state index contributed by atoms with van der Waals surface area (Å²) < 4.78 is 18.3. The molecule has 0 aliphatic heterocycles. The predicted octanol–water partition coefficient (Wildman–Crippen LogP) is 2.97. The van der Waals surface area contributed by atoms with Gasteiger partial charge in [0.25, 0.3) is 0 Å². The Kier molecular flexibility index (Phi) is 9.15. The lowest BCUT2D eigenvalue weighted by molar-refractivity contribution is 0.195. The van der Waals surface area contributed by atoms with Gasteiger partial charge in [-0.2, -0.15) is 0 Å². The maximum absolute atomic E-state index is 12.8. The molecule has 5 nitrogen and oxygen atoms in total. The van der Waals surface area contributed by atoms with Crippen LogP contribution >= 0.6 is 0 Å². The van der Waals surface area contributed by atoms with Crippen LogP contribution in [0.4, 0.5) is 9.18 Å². The van der Waals surface area contributed by atoms with E-state index in [2.05, 4.69) is 31.1 Å². The second kappa shape index (κ2) is 10.9. The van der Waals surface area contributed by atoms with Gasteiger partial charge in [0.2, 0.25) is 0 Å². The minimum Gasteiger partial charge on any atom is -0.492 e. The van der Waals surface area contributed by atoms with Crippen molar-refractivity contribution in [3.63, 3.8) is 0 Å². The number of urea groups is 1. The molecule has 0 aliphatic carbocycles. The van der Waals surface area contributed by atoms with Crippen LogP contribution in [0.25, 0.3) is 0 Å². The lowest BCUT2D eigenvalue weighted by Crippen LogP contribution is -2.40. The summed E-state index contributed by atoms with van der Waals surface area (Å²) in [5.74, 6) is 0.304. The van der Waals surface area contributed by atoms with Crippen LogP contribution in [0.15, 0.2) is 24.3 Å². The smallest absolute Gasteiger partial charge is 0.317 e. The lowest BCUT2D eigenvalue weighted by atomic mass is 10.2. The number of unbranched alkanes of at least 4 members (excludes halogenated alkanes) is 1. The molecule has 0 aromatic heterocycles. The van der Waals surface area contributed by atoms with Crippen molar-refractivity contribution in [2.45, 2.75) is 32.7 Å². The van der Waals surface area contributed by atoms with Crippen molar-refractivity contribution < 1.29 is 13.9 Å². The maximum Gasteiger partial charge on any atom is 0.317 e. The van der Waals surface area contributed by atoms with Gasteiger partial charge in [-0.15, -0.1) is 0 Å². The Morgan fingerprint density at radius 1 is 1.17 bits per heavy atom. The summed E-state index contributed by atoms with van der Waals surface area (Å²) in [5.41, 5.74) is 0. The summed E-state index contributed by atoms with van der Waals surface area (Å²) >= 11 is 0. The first-order chi connectivity index (χ1) is 11.4. The van der Waals surface area contributed by atoms with Gasteiger partial charge < -0.3 is 19.9 Å². The molecule has 1 aromatic rings. The number of nitrogens with one attached hydrogen (secondary N) is 1. The Balaban J connectivity index is 2.10.